The number of hydrogen-bond donors (Lipinski definition) is 2. The lowest BCUT2D eigenvalue weighted by atomic mass is 9.81. The van der Waals surface area contributed by atoms with Crippen LogP contribution in [0.25, 0.3) is 22.2 Å². The quantitative estimate of drug-likeness (QED) is 0.197. The average molecular weight is 669 g/mol. The minimum Gasteiger partial charge on any atom is -0.491 e. The SMILES string of the molecule is C.CN(C)CC(=O)Nc1ccc(N2CCOCC2)c(COc2ccc3c(c2)OCCn2c-3c(C3CCCCC3)c3ccc(C(=O)O)cc32)c1. The van der Waals surface area contributed by atoms with E-state index in [0.29, 0.717) is 56.7 Å². The summed E-state index contributed by atoms with van der Waals surface area (Å²) in [6.45, 7) is 4.62. The van der Waals surface area contributed by atoms with E-state index in [2.05, 4.69) is 26.9 Å². The number of ether oxygens (including phenoxy) is 3. The number of anilines is 2. The number of benzene rings is 3. The maximum absolute atomic E-state index is 12.5. The first kappa shape index (κ1) is 34.3. The predicted octanol–water partition coefficient (Wildman–Crippen LogP) is 7.00. The topological polar surface area (TPSA) is 106 Å². The molecular formula is C39H48N4O6. The highest BCUT2D eigenvalue weighted by molar-refractivity contribution is 5.99. The van der Waals surface area contributed by atoms with Crippen LogP contribution >= 0.6 is 0 Å². The number of aromatic nitrogens is 1. The lowest BCUT2D eigenvalue weighted by Gasteiger charge is -2.31. The monoisotopic (exact) mass is 668 g/mol. The number of nitrogens with one attached hydrogen (secondary N) is 1. The van der Waals surface area contributed by atoms with Crippen molar-refractivity contribution in [3.05, 3.63) is 71.3 Å². The normalized spacial score (nSPS) is 16.3. The molecule has 0 radical (unpaired) electrons. The zero-order valence-electron chi connectivity index (χ0n) is 27.8. The fourth-order valence-corrected chi connectivity index (χ4v) is 7.53. The van der Waals surface area contributed by atoms with Gasteiger partial charge in [-0.25, -0.2) is 4.79 Å². The Morgan fingerprint density at radius 3 is 2.51 bits per heavy atom. The van der Waals surface area contributed by atoms with Crippen LogP contribution in [0.1, 0.15) is 66.9 Å². The molecule has 1 aromatic heterocycles. The van der Waals surface area contributed by atoms with Gasteiger partial charge in [0, 0.05) is 52.6 Å². The number of carboxylic acids is 1. The van der Waals surface area contributed by atoms with Crippen molar-refractivity contribution in [1.82, 2.24) is 9.47 Å². The van der Waals surface area contributed by atoms with Crippen molar-refractivity contribution >= 4 is 34.2 Å². The lowest BCUT2D eigenvalue weighted by molar-refractivity contribution is -0.116. The molecule has 3 aliphatic rings. The highest BCUT2D eigenvalue weighted by atomic mass is 16.5. The van der Waals surface area contributed by atoms with Crippen LogP contribution in [-0.4, -0.2) is 80.0 Å². The van der Waals surface area contributed by atoms with Gasteiger partial charge in [0.15, 0.2) is 0 Å². The summed E-state index contributed by atoms with van der Waals surface area (Å²) in [5, 5.41) is 13.9. The van der Waals surface area contributed by atoms with Crippen LogP contribution in [0.2, 0.25) is 0 Å². The van der Waals surface area contributed by atoms with Gasteiger partial charge in [-0.05, 0) is 80.9 Å². The second kappa shape index (κ2) is 14.9. The standard InChI is InChI=1S/C38H44N4O6.CH4/c1-40(2)23-35(43)39-28-9-13-32(41-14-17-46-18-15-41)27(20-28)24-48-29-10-12-31-34(22-29)47-19-16-42-33-21-26(38(44)45)8-11-30(33)36(37(31)42)25-6-4-3-5-7-25;/h8-13,20-22,25H,3-7,14-19,23-24H2,1-2H3,(H,39,43)(H,44,45);1H4. The summed E-state index contributed by atoms with van der Waals surface area (Å²) in [5.41, 5.74) is 7.48. The molecule has 7 rings (SSSR count). The second-order valence-electron chi connectivity index (χ2n) is 13.3. The van der Waals surface area contributed by atoms with Crippen molar-refractivity contribution in [1.29, 1.82) is 0 Å². The Morgan fingerprint density at radius 2 is 1.76 bits per heavy atom. The van der Waals surface area contributed by atoms with Crippen LogP contribution in [0.5, 0.6) is 11.5 Å². The molecule has 0 spiro atoms. The van der Waals surface area contributed by atoms with Crippen LogP contribution in [0.15, 0.2) is 54.6 Å². The summed E-state index contributed by atoms with van der Waals surface area (Å²) in [5.74, 6) is 0.887. The van der Waals surface area contributed by atoms with E-state index < -0.39 is 5.97 Å². The molecular weight excluding hydrogens is 620 g/mol. The largest absolute Gasteiger partial charge is 0.491 e. The van der Waals surface area contributed by atoms with Crippen LogP contribution in [0, 0.1) is 0 Å². The Labute approximate surface area is 288 Å². The summed E-state index contributed by atoms with van der Waals surface area (Å²) in [6.07, 6.45) is 5.92. The number of nitrogens with zero attached hydrogens (tertiary/aromatic N) is 3. The fourth-order valence-electron chi connectivity index (χ4n) is 7.53. The van der Waals surface area contributed by atoms with Crippen LogP contribution in [-0.2, 0) is 22.7 Å². The predicted molar refractivity (Wildman–Crippen MR) is 193 cm³/mol. The minimum absolute atomic E-state index is 0. The Balaban J connectivity index is 0.00000417. The first-order chi connectivity index (χ1) is 23.4. The molecule has 2 aliphatic heterocycles. The number of aromatic carboxylic acids is 1. The molecule has 1 amide bonds. The Bertz CT molecular complexity index is 1820. The molecule has 10 heteroatoms. The van der Waals surface area contributed by atoms with E-state index in [-0.39, 0.29) is 13.3 Å². The third kappa shape index (κ3) is 7.26. The second-order valence-corrected chi connectivity index (χ2v) is 13.3. The summed E-state index contributed by atoms with van der Waals surface area (Å²) in [7, 11) is 3.74. The van der Waals surface area contributed by atoms with Gasteiger partial charge in [0.1, 0.15) is 24.7 Å². The molecule has 0 atom stereocenters. The average Bonchev–Trinajstić information content (AvgIpc) is 3.29. The van der Waals surface area contributed by atoms with Crippen molar-refractivity contribution in [3.8, 4) is 22.8 Å². The zero-order valence-corrected chi connectivity index (χ0v) is 27.8. The Morgan fingerprint density at radius 1 is 0.959 bits per heavy atom. The number of carbonyl (C=O) groups excluding carboxylic acids is 1. The molecule has 0 bridgehead atoms. The first-order valence-electron chi connectivity index (χ1n) is 17.1. The number of rotatable bonds is 9. The summed E-state index contributed by atoms with van der Waals surface area (Å²) in [6, 6.07) is 17.6. The van der Waals surface area contributed by atoms with Gasteiger partial charge in [0.05, 0.1) is 37.6 Å². The minimum atomic E-state index is -0.919. The third-order valence-corrected chi connectivity index (χ3v) is 9.71. The van der Waals surface area contributed by atoms with Gasteiger partial charge in [-0.15, -0.1) is 0 Å². The molecule has 1 aliphatic carbocycles. The molecule has 1 saturated carbocycles. The highest BCUT2D eigenvalue weighted by Gasteiger charge is 2.30. The Hall–Kier alpha value is -4.54. The third-order valence-electron chi connectivity index (χ3n) is 9.71. The zero-order chi connectivity index (χ0) is 33.2. The van der Waals surface area contributed by atoms with Crippen LogP contribution in [0.4, 0.5) is 11.4 Å². The summed E-state index contributed by atoms with van der Waals surface area (Å²) in [4.78, 5) is 28.6. The van der Waals surface area contributed by atoms with Gasteiger partial charge in [0.2, 0.25) is 5.91 Å². The lowest BCUT2D eigenvalue weighted by Crippen LogP contribution is -2.37. The van der Waals surface area contributed by atoms with Gasteiger partial charge >= 0.3 is 5.97 Å². The molecule has 3 heterocycles. The van der Waals surface area contributed by atoms with E-state index in [1.54, 1.807) is 6.07 Å². The first-order valence-corrected chi connectivity index (χ1v) is 17.1. The van der Waals surface area contributed by atoms with Gasteiger partial charge in [-0.3, -0.25) is 4.79 Å². The molecule has 4 aromatic rings. The van der Waals surface area contributed by atoms with Crippen molar-refractivity contribution in [2.45, 2.75) is 58.6 Å². The smallest absolute Gasteiger partial charge is 0.335 e. The van der Waals surface area contributed by atoms with Crippen molar-refractivity contribution in [2.24, 2.45) is 0 Å². The van der Waals surface area contributed by atoms with Gasteiger partial charge in [-0.1, -0.05) is 32.8 Å². The van der Waals surface area contributed by atoms with Crippen molar-refractivity contribution in [2.75, 3.05) is 63.8 Å². The number of amides is 1. The number of carboxylic acid groups (broad SMARTS) is 1. The highest BCUT2D eigenvalue weighted by Crippen LogP contribution is 2.48. The maximum Gasteiger partial charge on any atom is 0.335 e. The molecule has 260 valence electrons. The maximum atomic E-state index is 12.5. The van der Waals surface area contributed by atoms with Gasteiger partial charge in [0.25, 0.3) is 0 Å². The van der Waals surface area contributed by atoms with E-state index in [4.69, 9.17) is 14.2 Å². The number of likely N-dealkylation sites (N-methyl/N-ethyl adjacent to an activating group) is 1. The number of carbonyl (C=O) groups is 2. The van der Waals surface area contributed by atoms with Gasteiger partial charge < -0.3 is 39.0 Å². The number of hydrogen-bond acceptors (Lipinski definition) is 7. The summed E-state index contributed by atoms with van der Waals surface area (Å²) >= 11 is 0. The number of fused-ring (bicyclic) bond motifs is 5. The van der Waals surface area contributed by atoms with Crippen molar-refractivity contribution < 1.29 is 28.9 Å². The molecule has 2 fully saturated rings. The van der Waals surface area contributed by atoms with Crippen LogP contribution < -0.4 is 19.7 Å². The van der Waals surface area contributed by atoms with E-state index in [9.17, 15) is 14.7 Å². The summed E-state index contributed by atoms with van der Waals surface area (Å²) < 4.78 is 20.7. The van der Waals surface area contributed by atoms with E-state index in [0.717, 1.165) is 70.8 Å². The van der Waals surface area contributed by atoms with E-state index in [1.165, 1.54) is 24.8 Å². The van der Waals surface area contributed by atoms with Crippen molar-refractivity contribution in [3.63, 3.8) is 0 Å². The Kier molecular flexibility index (Phi) is 10.5. The van der Waals surface area contributed by atoms with Crippen LogP contribution in [0.3, 0.4) is 0 Å². The molecule has 3 aromatic carbocycles. The van der Waals surface area contributed by atoms with E-state index in [1.807, 2.05) is 55.4 Å². The molecule has 0 unspecified atom stereocenters. The molecule has 49 heavy (non-hydrogen) atoms. The van der Waals surface area contributed by atoms with Gasteiger partial charge in [-0.2, -0.15) is 0 Å². The molecule has 1 saturated heterocycles. The number of morpholine rings is 1. The van der Waals surface area contributed by atoms with E-state index >= 15 is 0 Å². The fraction of sp³-hybridized carbons (Fsp3) is 0.436. The molecule has 10 nitrogen and oxygen atoms in total. The molecule has 2 N–H and O–H groups in total.